The number of amides is 1. The van der Waals surface area contributed by atoms with Crippen LogP contribution in [-0.4, -0.2) is 30.0 Å². The van der Waals surface area contributed by atoms with Gasteiger partial charge in [0.1, 0.15) is 11.5 Å². The van der Waals surface area contributed by atoms with Crippen LogP contribution in [0.2, 0.25) is 0 Å². The summed E-state index contributed by atoms with van der Waals surface area (Å²) < 4.78 is 5.14. The van der Waals surface area contributed by atoms with Crippen LogP contribution in [0.3, 0.4) is 0 Å². The lowest BCUT2D eigenvalue weighted by Gasteiger charge is -2.15. The Balaban J connectivity index is 1.57. The summed E-state index contributed by atoms with van der Waals surface area (Å²) in [5.74, 6) is 1.66. The molecule has 1 aromatic rings. The first-order chi connectivity index (χ1) is 16.0. The van der Waals surface area contributed by atoms with Gasteiger partial charge >= 0.3 is 0 Å². The Morgan fingerprint density at radius 1 is 1.15 bits per heavy atom. The van der Waals surface area contributed by atoms with E-state index in [2.05, 4.69) is 18.3 Å². The van der Waals surface area contributed by atoms with Crippen molar-refractivity contribution in [2.45, 2.75) is 96.6 Å². The zero-order valence-corrected chi connectivity index (χ0v) is 20.6. The summed E-state index contributed by atoms with van der Waals surface area (Å²) in [5, 5.41) is 13.1. The molecule has 0 bridgehead atoms. The van der Waals surface area contributed by atoms with Gasteiger partial charge in [-0.15, -0.1) is 0 Å². The Morgan fingerprint density at radius 3 is 2.64 bits per heavy atom. The van der Waals surface area contributed by atoms with E-state index in [-0.39, 0.29) is 23.8 Å². The number of aliphatic hydroxyl groups excluding tert-OH is 1. The molecule has 1 amide bonds. The highest BCUT2D eigenvalue weighted by molar-refractivity contribution is 5.83. The maximum atomic E-state index is 12.3. The number of aliphatic hydroxyl groups is 1. The van der Waals surface area contributed by atoms with Gasteiger partial charge in [-0.05, 0) is 49.3 Å². The quantitative estimate of drug-likeness (QED) is 0.245. The van der Waals surface area contributed by atoms with E-state index in [0.29, 0.717) is 25.2 Å². The minimum Gasteiger partial charge on any atom is -0.497 e. The Morgan fingerprint density at radius 2 is 1.91 bits per heavy atom. The van der Waals surface area contributed by atoms with Crippen molar-refractivity contribution < 1.29 is 19.4 Å². The van der Waals surface area contributed by atoms with Crippen molar-refractivity contribution >= 4 is 11.7 Å². The van der Waals surface area contributed by atoms with Crippen LogP contribution in [0.1, 0.15) is 89.5 Å². The standard InChI is InChI=1S/C28H43NO4/c1-3-4-7-10-24(30)17-15-23-16-20-27(31)26(23)11-8-5-6-9-12-28(32)29-21-22-13-18-25(33-2)19-14-22/h13-15,17-19,23-24,26,30H,3-12,16,20-21H2,1-2H3,(H,29,32)/b17-15+/t23-,24-,26+/m0/s1. The van der Waals surface area contributed by atoms with Gasteiger partial charge in [0.2, 0.25) is 5.91 Å². The van der Waals surface area contributed by atoms with Crippen LogP contribution in [0.4, 0.5) is 0 Å². The van der Waals surface area contributed by atoms with Gasteiger partial charge in [0, 0.05) is 25.3 Å². The number of carbonyl (C=O) groups excluding carboxylic acids is 2. The fourth-order valence-corrected chi connectivity index (χ4v) is 4.55. The average Bonchev–Trinajstić information content (AvgIpc) is 3.18. The van der Waals surface area contributed by atoms with Crippen molar-refractivity contribution in [2.75, 3.05) is 7.11 Å². The van der Waals surface area contributed by atoms with Gasteiger partial charge in [-0.3, -0.25) is 9.59 Å². The molecular formula is C28H43NO4. The molecule has 0 radical (unpaired) electrons. The fourth-order valence-electron chi connectivity index (χ4n) is 4.55. The lowest BCUT2D eigenvalue weighted by atomic mass is 9.89. The number of benzene rings is 1. The highest BCUT2D eigenvalue weighted by atomic mass is 16.5. The van der Waals surface area contributed by atoms with Crippen LogP contribution >= 0.6 is 0 Å². The molecule has 0 aromatic heterocycles. The first kappa shape index (κ1) is 27.1. The number of ketones is 1. The molecule has 2 N–H and O–H groups in total. The predicted octanol–water partition coefficient (Wildman–Crippen LogP) is 5.74. The first-order valence-electron chi connectivity index (χ1n) is 12.8. The van der Waals surface area contributed by atoms with E-state index in [1.165, 1.54) is 0 Å². The molecule has 0 saturated heterocycles. The minimum atomic E-state index is -0.385. The van der Waals surface area contributed by atoms with E-state index >= 15 is 0 Å². The molecule has 5 heteroatoms. The number of hydrogen-bond donors (Lipinski definition) is 2. The number of allylic oxidation sites excluding steroid dienone is 1. The van der Waals surface area contributed by atoms with Crippen molar-refractivity contribution in [3.8, 4) is 5.75 Å². The lowest BCUT2D eigenvalue weighted by Crippen LogP contribution is -2.22. The first-order valence-corrected chi connectivity index (χ1v) is 12.8. The zero-order valence-electron chi connectivity index (χ0n) is 20.6. The summed E-state index contributed by atoms with van der Waals surface area (Å²) in [6.07, 6.45) is 14.8. The van der Waals surface area contributed by atoms with Crippen LogP contribution in [0.5, 0.6) is 5.75 Å². The number of Topliss-reactive ketones (excluding diaryl/α,β-unsaturated/α-hetero) is 1. The second-order valence-electron chi connectivity index (χ2n) is 9.30. The Kier molecular flexibility index (Phi) is 12.9. The number of hydrogen-bond acceptors (Lipinski definition) is 4. The molecule has 3 atom stereocenters. The summed E-state index contributed by atoms with van der Waals surface area (Å²) in [4.78, 5) is 24.4. The maximum absolute atomic E-state index is 12.3. The van der Waals surface area contributed by atoms with Crippen LogP contribution in [0.15, 0.2) is 36.4 Å². The molecule has 5 nitrogen and oxygen atoms in total. The summed E-state index contributed by atoms with van der Waals surface area (Å²) in [6.45, 7) is 2.70. The fraction of sp³-hybridized carbons (Fsp3) is 0.643. The van der Waals surface area contributed by atoms with Crippen molar-refractivity contribution in [1.29, 1.82) is 0 Å². The van der Waals surface area contributed by atoms with E-state index in [0.717, 1.165) is 75.5 Å². The minimum absolute atomic E-state index is 0.0829. The third-order valence-electron chi connectivity index (χ3n) is 6.66. The molecule has 1 saturated carbocycles. The highest BCUT2D eigenvalue weighted by Crippen LogP contribution is 2.34. The molecule has 2 rings (SSSR count). The molecule has 1 aromatic carbocycles. The third kappa shape index (κ3) is 10.6. The van der Waals surface area contributed by atoms with Gasteiger partial charge in [0.05, 0.1) is 13.2 Å². The molecule has 33 heavy (non-hydrogen) atoms. The summed E-state index contributed by atoms with van der Waals surface area (Å²) >= 11 is 0. The van der Waals surface area contributed by atoms with Gasteiger partial charge < -0.3 is 15.2 Å². The second kappa shape index (κ2) is 15.7. The Hall–Kier alpha value is -2.14. The van der Waals surface area contributed by atoms with E-state index in [4.69, 9.17) is 4.74 Å². The molecule has 0 unspecified atom stereocenters. The van der Waals surface area contributed by atoms with Gasteiger partial charge in [-0.2, -0.15) is 0 Å². The molecule has 0 heterocycles. The van der Waals surface area contributed by atoms with Gasteiger partial charge in [0.25, 0.3) is 0 Å². The number of unbranched alkanes of at least 4 members (excludes halogenated alkanes) is 5. The van der Waals surface area contributed by atoms with E-state index in [1.807, 2.05) is 30.3 Å². The number of nitrogens with one attached hydrogen (secondary N) is 1. The summed E-state index contributed by atoms with van der Waals surface area (Å²) in [6, 6.07) is 7.71. The highest BCUT2D eigenvalue weighted by Gasteiger charge is 2.32. The Labute approximate surface area is 200 Å². The normalized spacial score (nSPS) is 19.2. The van der Waals surface area contributed by atoms with Crippen molar-refractivity contribution in [1.82, 2.24) is 5.32 Å². The van der Waals surface area contributed by atoms with E-state index in [9.17, 15) is 14.7 Å². The number of ether oxygens (including phenoxy) is 1. The molecular weight excluding hydrogens is 414 g/mol. The molecule has 184 valence electrons. The number of methoxy groups -OCH3 is 1. The van der Waals surface area contributed by atoms with Gasteiger partial charge in [-0.25, -0.2) is 0 Å². The van der Waals surface area contributed by atoms with Crippen molar-refractivity contribution in [3.05, 3.63) is 42.0 Å². The Bertz CT molecular complexity index is 728. The lowest BCUT2D eigenvalue weighted by molar-refractivity contribution is -0.122. The number of rotatable bonds is 16. The SMILES string of the molecule is CCCCC[C@H](O)/C=C/[C@H]1CCC(=O)[C@@H]1CCCCCCC(=O)NCc1ccc(OC)cc1. The zero-order chi connectivity index (χ0) is 23.9. The third-order valence-corrected chi connectivity index (χ3v) is 6.66. The van der Waals surface area contributed by atoms with Crippen LogP contribution in [-0.2, 0) is 16.1 Å². The van der Waals surface area contributed by atoms with Crippen molar-refractivity contribution in [3.63, 3.8) is 0 Å². The van der Waals surface area contributed by atoms with Gasteiger partial charge in [-0.1, -0.05) is 69.7 Å². The summed E-state index contributed by atoms with van der Waals surface area (Å²) in [7, 11) is 1.64. The molecule has 1 aliphatic carbocycles. The molecule has 0 aliphatic heterocycles. The van der Waals surface area contributed by atoms with Crippen LogP contribution in [0, 0.1) is 11.8 Å². The maximum Gasteiger partial charge on any atom is 0.220 e. The largest absolute Gasteiger partial charge is 0.497 e. The summed E-state index contributed by atoms with van der Waals surface area (Å²) in [5.41, 5.74) is 1.06. The van der Waals surface area contributed by atoms with Crippen LogP contribution in [0.25, 0.3) is 0 Å². The van der Waals surface area contributed by atoms with E-state index < -0.39 is 0 Å². The monoisotopic (exact) mass is 457 g/mol. The average molecular weight is 458 g/mol. The molecule has 1 fully saturated rings. The van der Waals surface area contributed by atoms with E-state index in [1.54, 1.807) is 7.11 Å². The van der Waals surface area contributed by atoms with Crippen LogP contribution < -0.4 is 10.1 Å². The van der Waals surface area contributed by atoms with Crippen molar-refractivity contribution in [2.24, 2.45) is 11.8 Å². The number of carbonyl (C=O) groups is 2. The smallest absolute Gasteiger partial charge is 0.220 e. The second-order valence-corrected chi connectivity index (χ2v) is 9.30. The molecule has 1 aliphatic rings. The molecule has 0 spiro atoms. The predicted molar refractivity (Wildman–Crippen MR) is 133 cm³/mol. The van der Waals surface area contributed by atoms with Gasteiger partial charge in [0.15, 0.2) is 0 Å². The topological polar surface area (TPSA) is 75.6 Å².